The Bertz CT molecular complexity index is 4310. The number of phosphoric ester groups is 2. The Hall–Kier alpha value is -3.76. The van der Waals surface area contributed by atoms with Gasteiger partial charge in [-0.3, -0.25) is 18.6 Å². The molecule has 10 rings (SSSR count). The highest BCUT2D eigenvalue weighted by Gasteiger charge is 2.63. The van der Waals surface area contributed by atoms with Gasteiger partial charge in [0.25, 0.3) is 0 Å². The largest absolute Gasteiger partial charge is 0.483 e. The van der Waals surface area contributed by atoms with Gasteiger partial charge in [-0.15, -0.1) is 0 Å². The van der Waals surface area contributed by atoms with E-state index < -0.39 is 407 Å². The average Bonchev–Trinajstić information content (AvgIpc) is 0.757. The van der Waals surface area contributed by atoms with Gasteiger partial charge >= 0.3 is 15.6 Å². The molecule has 10 aliphatic rings. The van der Waals surface area contributed by atoms with E-state index in [0.717, 1.165) is 57.9 Å². The van der Waals surface area contributed by atoms with Crippen LogP contribution in [0.1, 0.15) is 113 Å². The number of carbonyl (C=O) groups excluding carboxylic acids is 2. The van der Waals surface area contributed by atoms with Crippen LogP contribution in [0.25, 0.3) is 0 Å². The lowest BCUT2D eigenvalue weighted by Crippen LogP contribution is -2.70. The molecule has 53 atom stereocenters. The summed E-state index contributed by atoms with van der Waals surface area (Å²) in [7, 11) is -11.5. The normalized spacial score (nSPS) is 44.2. The molecule has 0 bridgehead atoms. The van der Waals surface area contributed by atoms with E-state index in [1.165, 1.54) is 16.7 Å². The number of aliphatic hydroxyl groups is 29. The van der Waals surface area contributed by atoms with Gasteiger partial charge in [0.05, 0.1) is 72.7 Å². The third-order valence-electron chi connectivity index (χ3n) is 27.3. The molecule has 0 aromatic carbocycles. The number of hydrogen-bond acceptors (Lipinski definition) is 55. The summed E-state index contributed by atoms with van der Waals surface area (Å²) in [5.74, 6) is -2.25. The standard InChI is InChI=1S/C89H152N2O57P2/c1-33(2)13-9-14-34(3)15-10-16-35(4)17-11-18-36(5)19-12-20-37(6)21-22-129-149(123,124)148-150(125,126)147-81-51(91-39(8)101)61(111)73(47(30-99)137-81)140-80-50(90-38(7)100)60(110)74(46(29-98)136-80)141-86-72(122)76(143-88-79(67(117)57(107)44(27-96)134-88)146-89-78(66(116)56(106)45(28-97)135-89)145-85-70(120)64(114)54(104)42(25-94)132-85)59(109)49(139-86)32-128-83-71(121)75(58(108)48(138-83)31-127-82-68(118)62(112)52(102)40(23-92)130-82)142-87-77(65(115)55(105)43(26-95)133-87)144-84-69(119)63(113)53(103)41(24-93)131-84/h13,15,17,19,37,40-89,92-99,102-122H,9-12,14,16,18,20-32H2,1-8H3,(H,90,100)(H,91,101)(H,123,124)(H,125,126)/b34-15+,35-17+,36-19-/t37?,40-,41-,42-,43-,44-,45-,46-,47-,48-,49-,50-,51-,52-,53-,54-,55-,56-,57-,58-,59-,60-,61-,62+,63+,64+,65+,66+,67+,68+,69+,70+,71+,72+,73-,74-,75+,76+,77+,78+,79+,80+,81-,82+,83+,84-,85-,86+,87-,88-,89-/m1/s1. The van der Waals surface area contributed by atoms with Crippen LogP contribution in [0.5, 0.6) is 0 Å². The van der Waals surface area contributed by atoms with Gasteiger partial charge in [0.1, 0.15) is 244 Å². The van der Waals surface area contributed by atoms with Crippen molar-refractivity contribution in [2.75, 3.05) is 72.7 Å². The number of nitrogens with one attached hydrogen (secondary N) is 2. The van der Waals surface area contributed by atoms with E-state index in [1.54, 1.807) is 0 Å². The summed E-state index contributed by atoms with van der Waals surface area (Å²) in [6.45, 7) is 1.58. The molecule has 870 valence electrons. The van der Waals surface area contributed by atoms with Crippen LogP contribution in [-0.4, -0.2) is 549 Å². The van der Waals surface area contributed by atoms with Crippen molar-refractivity contribution < 1.29 is 280 Å². The molecular weight excluding hydrogens is 2070 g/mol. The summed E-state index contributed by atoms with van der Waals surface area (Å²) in [6.07, 6.45) is -92.4. The van der Waals surface area contributed by atoms with Crippen LogP contribution >= 0.6 is 15.6 Å². The van der Waals surface area contributed by atoms with Gasteiger partial charge in [-0.25, -0.2) is 9.13 Å². The zero-order chi connectivity index (χ0) is 111. The van der Waals surface area contributed by atoms with Crippen molar-refractivity contribution in [3.63, 3.8) is 0 Å². The SMILES string of the molecule is CC(=O)N[C@H]1[C@H](O[C@H]2[C@H](O)[C@@H](NC(C)=O)[C@@H](OP(=O)(O)OP(=O)(O)OCCC(C)CC/C=C(/C)CC/C=C(\C)CC/C=C(\C)CCC=C(C)C)O[C@@H]2CO)O[C@H](CO)[C@@H](O[C@@H]2O[C@H](CO[C@H]3O[C@H](CO[C@H]4O[C@H](CO)[C@@H](O)[C@H](O)[C@@H]4O)[C@@H](O)[C@H](O[C@H]4O[C@H](CO)[C@@H](O)[C@H](O)[C@@H]4O[C@H]4O[C@H](CO)[C@@H](O)[C@H](O)[C@@H]4O)[C@@H]3O)[C@@H](O)[C@H](O[C@H]3O[C@H](CO)[C@@H](O)[C@H](O)[C@@H]3O[C@H]3O[C@H](CO)[C@@H](O)[C@H](O)[C@@H]3O[C@H]3O[C@H](CO)[C@@H](O)[C@H](O)[C@@H]3O)[C@@H]2O)[C@@H]1O. The number of aliphatic hydroxyl groups excluding tert-OH is 29. The van der Waals surface area contributed by atoms with Gasteiger partial charge < -0.3 is 259 Å². The van der Waals surface area contributed by atoms with Crippen molar-refractivity contribution in [1.29, 1.82) is 0 Å². The maximum absolute atomic E-state index is 13.8. The fourth-order valence-corrected chi connectivity index (χ4v) is 20.6. The first-order valence-corrected chi connectivity index (χ1v) is 52.2. The van der Waals surface area contributed by atoms with Crippen molar-refractivity contribution in [3.05, 3.63) is 46.6 Å². The highest BCUT2D eigenvalue weighted by Crippen LogP contribution is 2.62. The lowest BCUT2D eigenvalue weighted by Gasteiger charge is -2.51. The molecule has 61 heteroatoms. The van der Waals surface area contributed by atoms with Gasteiger partial charge in [0, 0.05) is 13.8 Å². The Morgan fingerprint density at radius 1 is 0.287 bits per heavy atom. The number of amides is 2. The van der Waals surface area contributed by atoms with Crippen molar-refractivity contribution in [2.45, 2.75) is 420 Å². The molecule has 59 nitrogen and oxygen atoms in total. The third-order valence-corrected chi connectivity index (χ3v) is 29.9. The summed E-state index contributed by atoms with van der Waals surface area (Å²) in [5.41, 5.74) is 5.08. The van der Waals surface area contributed by atoms with Gasteiger partial charge in [-0.2, -0.15) is 4.31 Å². The molecule has 33 N–H and O–H groups in total. The fraction of sp³-hybridized carbons (Fsp3) is 0.888. The Labute approximate surface area is 860 Å². The summed E-state index contributed by atoms with van der Waals surface area (Å²) < 4.78 is 154. The van der Waals surface area contributed by atoms with Crippen LogP contribution in [0.15, 0.2) is 46.6 Å². The van der Waals surface area contributed by atoms with E-state index in [1.807, 2.05) is 13.8 Å². The number of phosphoric acid groups is 2. The molecule has 0 saturated carbocycles. The molecule has 10 saturated heterocycles. The second kappa shape index (κ2) is 58.5. The lowest BCUT2D eigenvalue weighted by molar-refractivity contribution is -0.408. The van der Waals surface area contributed by atoms with Crippen molar-refractivity contribution >= 4 is 27.5 Å². The minimum atomic E-state index is -5.97. The van der Waals surface area contributed by atoms with Crippen molar-refractivity contribution in [3.8, 4) is 0 Å². The van der Waals surface area contributed by atoms with Crippen molar-refractivity contribution in [1.82, 2.24) is 10.6 Å². The summed E-state index contributed by atoms with van der Waals surface area (Å²) in [5, 5.41) is 331. The second-order valence-electron chi connectivity index (χ2n) is 39.0. The summed E-state index contributed by atoms with van der Waals surface area (Å²) >= 11 is 0. The lowest BCUT2D eigenvalue weighted by atomic mass is 9.94. The molecule has 0 spiro atoms. The third kappa shape index (κ3) is 32.8. The average molecular weight is 2220 g/mol. The van der Waals surface area contributed by atoms with Crippen LogP contribution < -0.4 is 10.6 Å². The molecule has 10 heterocycles. The monoisotopic (exact) mass is 2220 g/mol. The predicted molar refractivity (Wildman–Crippen MR) is 490 cm³/mol. The Morgan fingerprint density at radius 2 is 0.567 bits per heavy atom. The Balaban J connectivity index is 0.923. The molecule has 0 radical (unpaired) electrons. The van der Waals surface area contributed by atoms with Gasteiger partial charge in [-0.05, 0) is 98.3 Å². The molecule has 3 unspecified atom stereocenters. The molecule has 10 fully saturated rings. The molecule has 0 aromatic heterocycles. The first-order valence-electron chi connectivity index (χ1n) is 49.2. The maximum atomic E-state index is 13.8. The highest BCUT2D eigenvalue weighted by atomic mass is 31.3. The van der Waals surface area contributed by atoms with Crippen molar-refractivity contribution in [2.24, 2.45) is 5.92 Å². The van der Waals surface area contributed by atoms with Crippen LogP contribution in [0.4, 0.5) is 0 Å². The van der Waals surface area contributed by atoms with E-state index in [-0.39, 0.29) is 12.3 Å². The number of rotatable bonds is 50. The second-order valence-corrected chi connectivity index (χ2v) is 42.0. The first kappa shape index (κ1) is 128. The number of ether oxygens (including phenoxy) is 19. The van der Waals surface area contributed by atoms with E-state index >= 15 is 0 Å². The molecule has 150 heavy (non-hydrogen) atoms. The fourth-order valence-electron chi connectivity index (χ4n) is 18.5. The molecule has 10 aliphatic heterocycles. The van der Waals surface area contributed by atoms with E-state index in [4.69, 9.17) is 99.0 Å². The molecule has 0 aliphatic carbocycles. The van der Waals surface area contributed by atoms with E-state index in [0.29, 0.717) is 12.8 Å². The molecular formula is C89H152N2O57P2. The Kier molecular flexibility index (Phi) is 49.9. The number of allylic oxidation sites excluding steroid dienone is 8. The smallest absolute Gasteiger partial charge is 0.394 e. The summed E-state index contributed by atoms with van der Waals surface area (Å²) in [6, 6.07) is -4.29. The number of carbonyl (C=O) groups is 2. The predicted octanol–water partition coefficient (Wildman–Crippen LogP) is -13.3. The van der Waals surface area contributed by atoms with E-state index in [9.17, 15) is 177 Å². The minimum Gasteiger partial charge on any atom is -0.394 e. The van der Waals surface area contributed by atoms with E-state index in [2.05, 4.69) is 66.9 Å². The topological polar surface area (TPSA) is 923 Å². The van der Waals surface area contributed by atoms with Crippen LogP contribution in [0, 0.1) is 5.92 Å². The maximum Gasteiger partial charge on any atom is 0.483 e. The summed E-state index contributed by atoms with van der Waals surface area (Å²) in [4.78, 5) is 48.2. The zero-order valence-electron chi connectivity index (χ0n) is 83.3. The zero-order valence-corrected chi connectivity index (χ0v) is 85.1. The highest BCUT2D eigenvalue weighted by molar-refractivity contribution is 7.61. The number of hydrogen-bond donors (Lipinski definition) is 33. The minimum absolute atomic E-state index is 0.126. The van der Waals surface area contributed by atoms with Gasteiger partial charge in [0.2, 0.25) is 11.8 Å². The van der Waals surface area contributed by atoms with Crippen LogP contribution in [-0.2, 0) is 122 Å². The van der Waals surface area contributed by atoms with Gasteiger partial charge in [0.15, 0.2) is 62.9 Å². The first-order chi connectivity index (χ1) is 70.8. The van der Waals surface area contributed by atoms with Crippen LogP contribution in [0.3, 0.4) is 0 Å². The van der Waals surface area contributed by atoms with Gasteiger partial charge in [-0.1, -0.05) is 53.5 Å². The Morgan fingerprint density at radius 3 is 0.947 bits per heavy atom. The molecule has 2 amide bonds. The van der Waals surface area contributed by atoms with Crippen LogP contribution in [0.2, 0.25) is 0 Å². The quantitative estimate of drug-likeness (QED) is 0.0199. The molecule has 0 aromatic rings.